The Morgan fingerprint density at radius 3 is 2.53 bits per heavy atom. The molecule has 9 nitrogen and oxygen atoms in total. The summed E-state index contributed by atoms with van der Waals surface area (Å²) in [4.78, 5) is 35.0. The van der Waals surface area contributed by atoms with Gasteiger partial charge in [0.2, 0.25) is 0 Å². The molecule has 0 bridgehead atoms. The maximum absolute atomic E-state index is 13.4. The van der Waals surface area contributed by atoms with Gasteiger partial charge < -0.3 is 9.15 Å². The normalized spacial score (nSPS) is 10.9. The Morgan fingerprint density at radius 1 is 1.09 bits per heavy atom. The van der Waals surface area contributed by atoms with Gasteiger partial charge in [-0.15, -0.1) is 11.6 Å². The van der Waals surface area contributed by atoms with Crippen LogP contribution in [0.2, 0.25) is 0 Å². The number of carbonyl (C=O) groups excluding carboxylic acids is 1. The number of rotatable bonds is 11. The molecule has 0 fully saturated rings. The van der Waals surface area contributed by atoms with Crippen LogP contribution in [0.15, 0.2) is 40.8 Å². The topological polar surface area (TPSA) is 126 Å². The number of fused-ring (bicyclic) bond motifs is 1. The Bertz CT molecular complexity index is 1170. The van der Waals surface area contributed by atoms with Crippen LogP contribution in [0.5, 0.6) is 5.75 Å². The minimum Gasteiger partial charge on any atom is -0.487 e. The number of hydrogen-bond acceptors (Lipinski definition) is 7. The number of unbranched alkanes of at least 4 members (excludes halogenated alkanes) is 1. The van der Waals surface area contributed by atoms with E-state index < -0.39 is 15.6 Å². The number of nitro benzene ring substituents is 2. The average Bonchev–Trinajstić information content (AvgIpc) is 3.14. The van der Waals surface area contributed by atoms with Crippen LogP contribution in [0.3, 0.4) is 0 Å². The lowest BCUT2D eigenvalue weighted by Crippen LogP contribution is -2.07. The Labute approximate surface area is 188 Å². The standard InChI is InChI=1S/C22H21ClN2O7/c1-2-3-5-20-21(16-13-15(24(27)28)7-9-18(16)32-20)22(26)14-6-8-19(31-11-4-10-23)17(12-14)25(29)30/h6-9,12-13H,2-5,10-11H2,1H3. The second kappa shape index (κ2) is 10.2. The number of benzene rings is 2. The second-order valence-electron chi connectivity index (χ2n) is 7.10. The molecule has 2 aromatic carbocycles. The first-order valence-electron chi connectivity index (χ1n) is 10.1. The summed E-state index contributed by atoms with van der Waals surface area (Å²) in [6.45, 7) is 2.19. The molecule has 0 atom stereocenters. The van der Waals surface area contributed by atoms with Crippen molar-refractivity contribution in [1.82, 2.24) is 0 Å². The maximum atomic E-state index is 13.4. The van der Waals surface area contributed by atoms with E-state index in [1.165, 1.54) is 30.3 Å². The minimum absolute atomic E-state index is 0.0376. The van der Waals surface area contributed by atoms with E-state index in [-0.39, 0.29) is 34.9 Å². The minimum atomic E-state index is -0.622. The van der Waals surface area contributed by atoms with E-state index in [2.05, 4.69) is 0 Å². The van der Waals surface area contributed by atoms with Gasteiger partial charge in [0, 0.05) is 41.4 Å². The zero-order chi connectivity index (χ0) is 23.3. The number of carbonyl (C=O) groups is 1. The molecule has 3 rings (SSSR count). The fraction of sp³-hybridized carbons (Fsp3) is 0.318. The SMILES string of the molecule is CCCCc1oc2ccc([N+](=O)[O-])cc2c1C(=O)c1ccc(OCCCCl)c([N+](=O)[O-])c1. The molecule has 168 valence electrons. The van der Waals surface area contributed by atoms with E-state index in [1.807, 2.05) is 6.92 Å². The van der Waals surface area contributed by atoms with Crippen molar-refractivity contribution in [3.05, 3.63) is 73.5 Å². The number of ketones is 1. The summed E-state index contributed by atoms with van der Waals surface area (Å²) >= 11 is 5.61. The van der Waals surface area contributed by atoms with Crippen molar-refractivity contribution in [2.45, 2.75) is 32.6 Å². The molecule has 0 spiro atoms. The Hall–Kier alpha value is -3.46. The predicted molar refractivity (Wildman–Crippen MR) is 119 cm³/mol. The summed E-state index contributed by atoms with van der Waals surface area (Å²) in [5.74, 6) is 0.281. The van der Waals surface area contributed by atoms with Crippen molar-refractivity contribution < 1.29 is 23.8 Å². The number of ether oxygens (including phenoxy) is 1. The lowest BCUT2D eigenvalue weighted by atomic mass is 9.97. The molecule has 32 heavy (non-hydrogen) atoms. The third-order valence-corrected chi connectivity index (χ3v) is 5.16. The highest BCUT2D eigenvalue weighted by Crippen LogP contribution is 2.34. The second-order valence-corrected chi connectivity index (χ2v) is 7.48. The first-order valence-corrected chi connectivity index (χ1v) is 10.6. The van der Waals surface area contributed by atoms with Gasteiger partial charge in [-0.05, 0) is 31.0 Å². The number of nitrogens with zero attached hydrogens (tertiary/aromatic N) is 2. The smallest absolute Gasteiger partial charge is 0.311 e. The number of aryl methyl sites for hydroxylation is 1. The highest BCUT2D eigenvalue weighted by molar-refractivity contribution is 6.18. The predicted octanol–water partition coefficient (Wildman–Crippen LogP) is 5.83. The first-order chi connectivity index (χ1) is 15.4. The number of hydrogen-bond donors (Lipinski definition) is 0. The number of alkyl halides is 1. The summed E-state index contributed by atoms with van der Waals surface area (Å²) in [7, 11) is 0. The highest BCUT2D eigenvalue weighted by atomic mass is 35.5. The van der Waals surface area contributed by atoms with Gasteiger partial charge in [0.05, 0.1) is 22.0 Å². The quantitative estimate of drug-likeness (QED) is 0.116. The van der Waals surface area contributed by atoms with Gasteiger partial charge in [-0.25, -0.2) is 0 Å². The number of nitro groups is 2. The Balaban J connectivity index is 2.09. The van der Waals surface area contributed by atoms with E-state index in [1.54, 1.807) is 0 Å². The van der Waals surface area contributed by atoms with Gasteiger partial charge in [-0.1, -0.05) is 13.3 Å². The molecule has 0 radical (unpaired) electrons. The first kappa shape index (κ1) is 23.2. The summed E-state index contributed by atoms with van der Waals surface area (Å²) in [6.07, 6.45) is 2.57. The van der Waals surface area contributed by atoms with Gasteiger partial charge in [0.1, 0.15) is 11.3 Å². The lowest BCUT2D eigenvalue weighted by Gasteiger charge is -2.08. The maximum Gasteiger partial charge on any atom is 0.311 e. The molecule has 3 aromatic rings. The van der Waals surface area contributed by atoms with Gasteiger partial charge in [0.15, 0.2) is 11.5 Å². The third-order valence-electron chi connectivity index (χ3n) is 4.89. The van der Waals surface area contributed by atoms with Gasteiger partial charge >= 0.3 is 5.69 Å². The summed E-state index contributed by atoms with van der Waals surface area (Å²) < 4.78 is 11.3. The molecule has 1 aromatic heterocycles. The fourth-order valence-corrected chi connectivity index (χ4v) is 3.43. The van der Waals surface area contributed by atoms with Crippen molar-refractivity contribution in [2.24, 2.45) is 0 Å². The average molecular weight is 461 g/mol. The lowest BCUT2D eigenvalue weighted by molar-refractivity contribution is -0.385. The van der Waals surface area contributed by atoms with Gasteiger partial charge in [-0.2, -0.15) is 0 Å². The summed E-state index contributed by atoms with van der Waals surface area (Å²) in [6, 6.07) is 8.01. The molecule has 0 saturated carbocycles. The van der Waals surface area contributed by atoms with Crippen LogP contribution in [0, 0.1) is 20.2 Å². The van der Waals surface area contributed by atoms with Gasteiger partial charge in [-0.3, -0.25) is 25.0 Å². The molecule has 10 heteroatoms. The van der Waals surface area contributed by atoms with E-state index in [0.29, 0.717) is 35.5 Å². The molecule has 0 unspecified atom stereocenters. The van der Waals surface area contributed by atoms with Crippen LogP contribution in [-0.2, 0) is 6.42 Å². The zero-order valence-corrected chi connectivity index (χ0v) is 18.1. The van der Waals surface area contributed by atoms with Crippen molar-refractivity contribution in [1.29, 1.82) is 0 Å². The fourth-order valence-electron chi connectivity index (χ4n) is 3.32. The van der Waals surface area contributed by atoms with Crippen molar-refractivity contribution >= 4 is 39.7 Å². The molecule has 0 aliphatic heterocycles. The van der Waals surface area contributed by atoms with E-state index in [4.69, 9.17) is 20.8 Å². The van der Waals surface area contributed by atoms with E-state index >= 15 is 0 Å². The van der Waals surface area contributed by atoms with E-state index in [9.17, 15) is 25.0 Å². The van der Waals surface area contributed by atoms with Crippen LogP contribution >= 0.6 is 11.6 Å². The molecule has 0 amide bonds. The number of halogens is 1. The third kappa shape index (κ3) is 4.88. The van der Waals surface area contributed by atoms with Crippen LogP contribution in [0.4, 0.5) is 11.4 Å². The monoisotopic (exact) mass is 460 g/mol. The molecule has 1 heterocycles. The Morgan fingerprint density at radius 2 is 1.88 bits per heavy atom. The highest BCUT2D eigenvalue weighted by Gasteiger charge is 2.26. The number of furan rings is 1. The molecular formula is C22H21ClN2O7. The van der Waals surface area contributed by atoms with Crippen molar-refractivity contribution in [3.63, 3.8) is 0 Å². The van der Waals surface area contributed by atoms with Crippen LogP contribution in [0.1, 0.15) is 47.9 Å². The van der Waals surface area contributed by atoms with Crippen molar-refractivity contribution in [2.75, 3.05) is 12.5 Å². The van der Waals surface area contributed by atoms with Crippen LogP contribution in [0.25, 0.3) is 11.0 Å². The van der Waals surface area contributed by atoms with E-state index in [0.717, 1.165) is 18.9 Å². The largest absolute Gasteiger partial charge is 0.487 e. The molecular weight excluding hydrogens is 440 g/mol. The van der Waals surface area contributed by atoms with Crippen LogP contribution < -0.4 is 4.74 Å². The molecule has 0 aliphatic carbocycles. The Kier molecular flexibility index (Phi) is 7.42. The molecule has 0 saturated heterocycles. The summed E-state index contributed by atoms with van der Waals surface area (Å²) in [5, 5.41) is 23.1. The number of non-ortho nitro benzene ring substituents is 1. The van der Waals surface area contributed by atoms with Crippen LogP contribution in [-0.4, -0.2) is 28.1 Å². The zero-order valence-electron chi connectivity index (χ0n) is 17.3. The summed E-state index contributed by atoms with van der Waals surface area (Å²) in [5.41, 5.74) is 0.0684. The van der Waals surface area contributed by atoms with Crippen molar-refractivity contribution in [3.8, 4) is 5.75 Å². The van der Waals surface area contributed by atoms with Gasteiger partial charge in [0.25, 0.3) is 5.69 Å². The molecule has 0 aliphatic rings. The molecule has 0 N–H and O–H groups in total.